The van der Waals surface area contributed by atoms with Crippen molar-refractivity contribution in [2.24, 2.45) is 5.92 Å². The Morgan fingerprint density at radius 3 is 2.31 bits per heavy atom. The summed E-state index contributed by atoms with van der Waals surface area (Å²) in [6, 6.07) is 8.14. The maximum Gasteiger partial charge on any atom is 0.346 e. The minimum Gasteiger partial charge on any atom is -0.423 e. The van der Waals surface area contributed by atoms with Gasteiger partial charge in [0, 0.05) is 4.92 Å². The molecule has 0 saturated carbocycles. The summed E-state index contributed by atoms with van der Waals surface area (Å²) in [4.78, 5) is 33.1. The van der Waals surface area contributed by atoms with Crippen LogP contribution in [0.2, 0.25) is 0 Å². The van der Waals surface area contributed by atoms with Crippen molar-refractivity contribution in [3.8, 4) is 5.75 Å². The van der Waals surface area contributed by atoms with Crippen molar-refractivity contribution < 1.29 is 19.4 Å². The lowest BCUT2D eigenvalue weighted by Crippen LogP contribution is -2.25. The summed E-state index contributed by atoms with van der Waals surface area (Å²) >= 11 is 0. The zero-order chi connectivity index (χ0) is 19.5. The highest BCUT2D eigenvalue weighted by Gasteiger charge is 2.33. The van der Waals surface area contributed by atoms with E-state index in [1.54, 1.807) is 37.3 Å². The van der Waals surface area contributed by atoms with Gasteiger partial charge in [-0.15, -0.1) is 0 Å². The molecule has 0 fully saturated rings. The van der Waals surface area contributed by atoms with Gasteiger partial charge in [-0.05, 0) is 24.5 Å². The third kappa shape index (κ3) is 7.00. The van der Waals surface area contributed by atoms with Crippen molar-refractivity contribution in [3.63, 3.8) is 0 Å². The van der Waals surface area contributed by atoms with E-state index in [1.165, 1.54) is 0 Å². The predicted octanol–water partition coefficient (Wildman–Crippen LogP) is 4.01. The number of rotatable bonds is 11. The summed E-state index contributed by atoms with van der Waals surface area (Å²) in [5.41, 5.74) is -0.939. The molecular weight excluding hydrogens is 340 g/mol. The van der Waals surface area contributed by atoms with Gasteiger partial charge in [-0.2, -0.15) is 0 Å². The van der Waals surface area contributed by atoms with E-state index in [2.05, 4.69) is 6.92 Å². The number of hydrogen-bond acceptors (Lipinski definition) is 6. The van der Waals surface area contributed by atoms with E-state index in [0.717, 1.165) is 25.7 Å². The number of esters is 1. The van der Waals surface area contributed by atoms with E-state index < -0.39 is 34.0 Å². The predicted molar refractivity (Wildman–Crippen MR) is 95.9 cm³/mol. The van der Waals surface area contributed by atoms with Crippen LogP contribution in [-0.2, 0) is 4.79 Å². The number of para-hydroxylation sites is 1. The summed E-state index contributed by atoms with van der Waals surface area (Å²) in [5.74, 6) is -1.19. The molecule has 1 atom stereocenters. The van der Waals surface area contributed by atoms with Gasteiger partial charge >= 0.3 is 11.7 Å². The SMILES string of the molecule is CCCCCCC(C)C(C(=O)Oc1ccccc1)=C(C[N+](=O)[O-])[N+](=O)[O-]. The molecule has 0 N–H and O–H groups in total. The van der Waals surface area contributed by atoms with Gasteiger partial charge in [-0.25, -0.2) is 4.79 Å². The molecule has 0 bridgehead atoms. The fourth-order valence-corrected chi connectivity index (χ4v) is 2.64. The van der Waals surface area contributed by atoms with Gasteiger partial charge < -0.3 is 4.74 Å². The van der Waals surface area contributed by atoms with Crippen LogP contribution in [0.15, 0.2) is 41.6 Å². The molecule has 0 amide bonds. The Hall–Kier alpha value is -2.77. The number of nitrogens with zero attached hydrogens (tertiary/aromatic N) is 2. The first-order valence-corrected chi connectivity index (χ1v) is 8.63. The number of ether oxygens (including phenoxy) is 1. The van der Waals surface area contributed by atoms with E-state index in [4.69, 9.17) is 4.74 Å². The van der Waals surface area contributed by atoms with Crippen molar-refractivity contribution in [1.29, 1.82) is 0 Å². The molecule has 0 aromatic heterocycles. The first-order valence-electron chi connectivity index (χ1n) is 8.63. The Morgan fingerprint density at radius 2 is 1.77 bits per heavy atom. The first kappa shape index (κ1) is 21.3. The minimum absolute atomic E-state index is 0.230. The molecule has 0 spiro atoms. The molecule has 8 heteroatoms. The largest absolute Gasteiger partial charge is 0.423 e. The molecule has 1 unspecified atom stereocenters. The van der Waals surface area contributed by atoms with Crippen LogP contribution < -0.4 is 4.74 Å². The maximum atomic E-state index is 12.6. The average molecular weight is 364 g/mol. The van der Waals surface area contributed by atoms with E-state index in [-0.39, 0.29) is 11.3 Å². The molecule has 0 saturated heterocycles. The van der Waals surface area contributed by atoms with Crippen LogP contribution in [0.1, 0.15) is 46.0 Å². The summed E-state index contributed by atoms with van der Waals surface area (Å²) in [6.45, 7) is 2.70. The fourth-order valence-electron chi connectivity index (χ4n) is 2.64. The Kier molecular flexibility index (Phi) is 8.97. The van der Waals surface area contributed by atoms with Crippen molar-refractivity contribution >= 4 is 5.97 Å². The Labute approximate surface area is 152 Å². The molecule has 0 radical (unpaired) electrons. The van der Waals surface area contributed by atoms with Gasteiger partial charge in [0.1, 0.15) is 11.3 Å². The number of benzene rings is 1. The van der Waals surface area contributed by atoms with Crippen LogP contribution in [0.5, 0.6) is 5.75 Å². The van der Waals surface area contributed by atoms with Gasteiger partial charge in [0.05, 0.1) is 4.92 Å². The van der Waals surface area contributed by atoms with Crippen LogP contribution in [0, 0.1) is 26.1 Å². The van der Waals surface area contributed by atoms with Crippen molar-refractivity contribution in [2.75, 3.05) is 6.54 Å². The number of carbonyl (C=O) groups excluding carboxylic acids is 1. The molecule has 8 nitrogen and oxygen atoms in total. The highest BCUT2D eigenvalue weighted by Crippen LogP contribution is 2.25. The Balaban J connectivity index is 3.11. The van der Waals surface area contributed by atoms with Crippen LogP contribution in [0.3, 0.4) is 0 Å². The summed E-state index contributed by atoms with van der Waals surface area (Å²) < 4.78 is 5.21. The maximum absolute atomic E-state index is 12.6. The van der Waals surface area contributed by atoms with Crippen LogP contribution >= 0.6 is 0 Å². The van der Waals surface area contributed by atoms with Gasteiger partial charge in [0.25, 0.3) is 6.54 Å². The molecule has 0 aliphatic carbocycles. The molecule has 0 aliphatic heterocycles. The van der Waals surface area contributed by atoms with Crippen molar-refractivity contribution in [3.05, 3.63) is 61.8 Å². The lowest BCUT2D eigenvalue weighted by atomic mass is 9.92. The highest BCUT2D eigenvalue weighted by molar-refractivity contribution is 5.91. The summed E-state index contributed by atoms with van der Waals surface area (Å²) in [7, 11) is 0. The number of nitro groups is 2. The zero-order valence-corrected chi connectivity index (χ0v) is 15.1. The average Bonchev–Trinajstić information content (AvgIpc) is 2.58. The topological polar surface area (TPSA) is 113 Å². The standard InChI is InChI=1S/C18H24N2O6/c1-3-4-5-7-10-14(2)17(16(20(24)25)13-19(22)23)18(21)26-15-11-8-6-9-12-15/h6,8-9,11-12,14H,3-5,7,10,13H2,1-2H3. The normalized spacial score (nSPS) is 12.8. The fraction of sp³-hybridized carbons (Fsp3) is 0.500. The Morgan fingerprint density at radius 1 is 1.12 bits per heavy atom. The van der Waals surface area contributed by atoms with Crippen molar-refractivity contribution in [2.45, 2.75) is 46.0 Å². The van der Waals surface area contributed by atoms with E-state index >= 15 is 0 Å². The monoisotopic (exact) mass is 364 g/mol. The van der Waals surface area contributed by atoms with Crippen LogP contribution in [0.4, 0.5) is 0 Å². The molecule has 0 aliphatic rings. The molecule has 1 aromatic rings. The number of carbonyl (C=O) groups is 1. The minimum atomic E-state index is -1.02. The second kappa shape index (κ2) is 11.0. The van der Waals surface area contributed by atoms with E-state index in [9.17, 15) is 25.0 Å². The van der Waals surface area contributed by atoms with E-state index in [0.29, 0.717) is 6.42 Å². The zero-order valence-electron chi connectivity index (χ0n) is 15.1. The molecule has 1 aromatic carbocycles. The molecular formula is C18H24N2O6. The summed E-state index contributed by atoms with van der Waals surface area (Å²) in [5, 5.41) is 22.2. The van der Waals surface area contributed by atoms with Crippen molar-refractivity contribution in [1.82, 2.24) is 0 Å². The van der Waals surface area contributed by atoms with Gasteiger partial charge in [-0.1, -0.05) is 57.7 Å². The highest BCUT2D eigenvalue weighted by atomic mass is 16.6. The molecule has 0 heterocycles. The molecule has 142 valence electrons. The molecule has 1 rings (SSSR count). The lowest BCUT2D eigenvalue weighted by molar-refractivity contribution is -0.520. The van der Waals surface area contributed by atoms with Gasteiger partial charge in [0.2, 0.25) is 0 Å². The van der Waals surface area contributed by atoms with Gasteiger partial charge in [-0.3, -0.25) is 20.2 Å². The Bertz CT molecular complexity index is 657. The first-order chi connectivity index (χ1) is 12.4. The van der Waals surface area contributed by atoms with Gasteiger partial charge in [0.15, 0.2) is 0 Å². The second-order valence-corrected chi connectivity index (χ2v) is 6.06. The smallest absolute Gasteiger partial charge is 0.346 e. The van der Waals surface area contributed by atoms with E-state index in [1.807, 2.05) is 0 Å². The number of hydrogen-bond donors (Lipinski definition) is 0. The summed E-state index contributed by atoms with van der Waals surface area (Å²) in [6.07, 6.45) is 4.30. The lowest BCUT2D eigenvalue weighted by Gasteiger charge is -2.15. The third-order valence-electron chi connectivity index (χ3n) is 3.97. The molecule has 26 heavy (non-hydrogen) atoms. The quantitative estimate of drug-likeness (QED) is 0.146. The second-order valence-electron chi connectivity index (χ2n) is 6.06. The van der Waals surface area contributed by atoms with Crippen LogP contribution in [-0.4, -0.2) is 22.4 Å². The van der Waals surface area contributed by atoms with Crippen LogP contribution in [0.25, 0.3) is 0 Å². The third-order valence-corrected chi connectivity index (χ3v) is 3.97. The number of unbranched alkanes of at least 4 members (excludes halogenated alkanes) is 3.